The second-order valence-corrected chi connectivity index (χ2v) is 5.44. The van der Waals surface area contributed by atoms with Crippen molar-refractivity contribution in [2.45, 2.75) is 6.92 Å². The number of hydrogen-bond donors (Lipinski definition) is 0. The van der Waals surface area contributed by atoms with Gasteiger partial charge in [-0.15, -0.1) is 0 Å². The molecular weight excluding hydrogens is 316 g/mol. The van der Waals surface area contributed by atoms with Crippen LogP contribution in [0.2, 0.25) is 0 Å². The summed E-state index contributed by atoms with van der Waals surface area (Å²) in [5, 5.41) is 0. The standard InChI is InChI=1S/C20H22N2O3/c1-5-19(23)21(3)16-9-7-15(8-10-16)20(24)22(4)17-11-13-18(14-12-17)25-6-2/h5,7-14H,1,6H2,2-4H3. The Morgan fingerprint density at radius 2 is 1.48 bits per heavy atom. The van der Waals surface area contributed by atoms with E-state index in [2.05, 4.69) is 6.58 Å². The van der Waals surface area contributed by atoms with Gasteiger partial charge in [-0.3, -0.25) is 9.59 Å². The van der Waals surface area contributed by atoms with Crippen molar-refractivity contribution < 1.29 is 14.3 Å². The van der Waals surface area contributed by atoms with Gasteiger partial charge in [0.2, 0.25) is 5.91 Å². The zero-order valence-electron chi connectivity index (χ0n) is 14.7. The second-order valence-electron chi connectivity index (χ2n) is 5.44. The highest BCUT2D eigenvalue weighted by atomic mass is 16.5. The topological polar surface area (TPSA) is 49.9 Å². The first-order valence-corrected chi connectivity index (χ1v) is 7.99. The number of rotatable bonds is 6. The predicted octanol–water partition coefficient (Wildman–Crippen LogP) is 3.51. The van der Waals surface area contributed by atoms with E-state index in [1.807, 2.05) is 31.2 Å². The average Bonchev–Trinajstić information content (AvgIpc) is 2.66. The Bertz CT molecular complexity index is 752. The molecule has 0 aromatic heterocycles. The molecule has 0 N–H and O–H groups in total. The quantitative estimate of drug-likeness (QED) is 0.757. The Morgan fingerprint density at radius 1 is 0.960 bits per heavy atom. The van der Waals surface area contributed by atoms with Crippen LogP contribution in [0.5, 0.6) is 5.75 Å². The number of likely N-dealkylation sites (N-methyl/N-ethyl adjacent to an activating group) is 1. The summed E-state index contributed by atoms with van der Waals surface area (Å²) in [5.41, 5.74) is 2.02. The summed E-state index contributed by atoms with van der Waals surface area (Å²) in [6.45, 7) is 5.99. The van der Waals surface area contributed by atoms with Gasteiger partial charge in [0.1, 0.15) is 5.75 Å². The molecule has 5 heteroatoms. The van der Waals surface area contributed by atoms with Crippen LogP contribution in [0.25, 0.3) is 0 Å². The lowest BCUT2D eigenvalue weighted by molar-refractivity contribution is -0.113. The highest BCUT2D eigenvalue weighted by Crippen LogP contribution is 2.21. The fourth-order valence-electron chi connectivity index (χ4n) is 2.34. The van der Waals surface area contributed by atoms with Crippen molar-refractivity contribution in [2.75, 3.05) is 30.5 Å². The van der Waals surface area contributed by atoms with E-state index in [0.717, 1.165) is 11.4 Å². The van der Waals surface area contributed by atoms with Crippen LogP contribution in [-0.4, -0.2) is 32.5 Å². The summed E-state index contributed by atoms with van der Waals surface area (Å²) in [6, 6.07) is 14.2. The van der Waals surface area contributed by atoms with Crippen molar-refractivity contribution >= 4 is 23.2 Å². The van der Waals surface area contributed by atoms with Crippen molar-refractivity contribution in [3.05, 3.63) is 66.7 Å². The summed E-state index contributed by atoms with van der Waals surface area (Å²) in [5.74, 6) is 0.436. The van der Waals surface area contributed by atoms with Gasteiger partial charge in [-0.25, -0.2) is 0 Å². The Balaban J connectivity index is 2.13. The highest BCUT2D eigenvalue weighted by molar-refractivity contribution is 6.06. The maximum atomic E-state index is 12.6. The maximum absolute atomic E-state index is 12.6. The molecule has 0 spiro atoms. The molecule has 0 aliphatic heterocycles. The molecular formula is C20H22N2O3. The van der Waals surface area contributed by atoms with Crippen molar-refractivity contribution in [3.63, 3.8) is 0 Å². The van der Waals surface area contributed by atoms with Gasteiger partial charge in [-0.1, -0.05) is 6.58 Å². The summed E-state index contributed by atoms with van der Waals surface area (Å²) in [7, 11) is 3.38. The molecule has 2 amide bonds. The third-order valence-corrected chi connectivity index (χ3v) is 3.85. The summed E-state index contributed by atoms with van der Waals surface area (Å²) >= 11 is 0. The first kappa shape index (κ1) is 18.3. The smallest absolute Gasteiger partial charge is 0.258 e. The molecule has 0 aliphatic carbocycles. The first-order chi connectivity index (χ1) is 12.0. The molecule has 0 aliphatic rings. The lowest BCUT2D eigenvalue weighted by Crippen LogP contribution is -2.26. The predicted molar refractivity (Wildman–Crippen MR) is 100 cm³/mol. The van der Waals surface area contributed by atoms with E-state index in [1.54, 1.807) is 43.3 Å². The monoisotopic (exact) mass is 338 g/mol. The Hall–Kier alpha value is -3.08. The third-order valence-electron chi connectivity index (χ3n) is 3.85. The minimum atomic E-state index is -0.203. The molecule has 0 radical (unpaired) electrons. The maximum Gasteiger partial charge on any atom is 0.258 e. The van der Waals surface area contributed by atoms with Crippen molar-refractivity contribution in [1.29, 1.82) is 0 Å². The summed E-state index contributed by atoms with van der Waals surface area (Å²) < 4.78 is 5.41. The molecule has 5 nitrogen and oxygen atoms in total. The number of nitrogens with zero attached hydrogens (tertiary/aromatic N) is 2. The second kappa shape index (κ2) is 8.15. The van der Waals surface area contributed by atoms with Crippen molar-refractivity contribution in [2.24, 2.45) is 0 Å². The van der Waals surface area contributed by atoms with E-state index >= 15 is 0 Å². The lowest BCUT2D eigenvalue weighted by atomic mass is 10.1. The first-order valence-electron chi connectivity index (χ1n) is 7.99. The molecule has 2 aromatic rings. The van der Waals surface area contributed by atoms with Gasteiger partial charge >= 0.3 is 0 Å². The van der Waals surface area contributed by atoms with E-state index in [4.69, 9.17) is 4.74 Å². The molecule has 0 saturated heterocycles. The number of benzene rings is 2. The molecule has 2 rings (SSSR count). The number of carbonyl (C=O) groups is 2. The number of hydrogen-bond acceptors (Lipinski definition) is 3. The van der Waals surface area contributed by atoms with E-state index in [9.17, 15) is 9.59 Å². The summed E-state index contributed by atoms with van der Waals surface area (Å²) in [4.78, 5) is 27.3. The van der Waals surface area contributed by atoms with Crippen LogP contribution >= 0.6 is 0 Å². The van der Waals surface area contributed by atoms with E-state index in [1.165, 1.54) is 11.0 Å². The van der Waals surface area contributed by atoms with E-state index in [-0.39, 0.29) is 11.8 Å². The fraction of sp³-hybridized carbons (Fsp3) is 0.200. The van der Waals surface area contributed by atoms with Crippen LogP contribution in [0.1, 0.15) is 17.3 Å². The fourth-order valence-corrected chi connectivity index (χ4v) is 2.34. The van der Waals surface area contributed by atoms with Gasteiger partial charge < -0.3 is 14.5 Å². The minimum Gasteiger partial charge on any atom is -0.494 e. The van der Waals surface area contributed by atoms with Gasteiger partial charge in [-0.05, 0) is 61.5 Å². The van der Waals surface area contributed by atoms with Gasteiger partial charge in [0.25, 0.3) is 5.91 Å². The minimum absolute atomic E-state index is 0.131. The molecule has 0 fully saturated rings. The molecule has 0 atom stereocenters. The normalized spacial score (nSPS) is 10.0. The van der Waals surface area contributed by atoms with Crippen LogP contribution in [0.3, 0.4) is 0 Å². The Labute approximate surface area is 148 Å². The van der Waals surface area contributed by atoms with Crippen LogP contribution in [0, 0.1) is 0 Å². The van der Waals surface area contributed by atoms with E-state index in [0.29, 0.717) is 17.9 Å². The van der Waals surface area contributed by atoms with E-state index < -0.39 is 0 Å². The van der Waals surface area contributed by atoms with Crippen LogP contribution in [0.4, 0.5) is 11.4 Å². The van der Waals surface area contributed by atoms with Gasteiger partial charge in [-0.2, -0.15) is 0 Å². The van der Waals surface area contributed by atoms with Gasteiger partial charge in [0, 0.05) is 31.0 Å². The number of anilines is 2. The van der Waals surface area contributed by atoms with Crippen LogP contribution < -0.4 is 14.5 Å². The van der Waals surface area contributed by atoms with Crippen LogP contribution in [0.15, 0.2) is 61.2 Å². The zero-order valence-corrected chi connectivity index (χ0v) is 14.7. The van der Waals surface area contributed by atoms with Crippen LogP contribution in [-0.2, 0) is 4.79 Å². The molecule has 0 saturated carbocycles. The molecule has 0 heterocycles. The SMILES string of the molecule is C=CC(=O)N(C)c1ccc(C(=O)N(C)c2ccc(OCC)cc2)cc1. The van der Waals surface area contributed by atoms with Crippen molar-refractivity contribution in [1.82, 2.24) is 0 Å². The highest BCUT2D eigenvalue weighted by Gasteiger charge is 2.14. The van der Waals surface area contributed by atoms with Gasteiger partial charge in [0.15, 0.2) is 0 Å². The number of carbonyl (C=O) groups excluding carboxylic acids is 2. The third kappa shape index (κ3) is 4.26. The number of amides is 2. The number of ether oxygens (including phenoxy) is 1. The Morgan fingerprint density at radius 3 is 2.00 bits per heavy atom. The molecule has 0 bridgehead atoms. The molecule has 0 unspecified atom stereocenters. The zero-order chi connectivity index (χ0) is 18.4. The molecule has 25 heavy (non-hydrogen) atoms. The lowest BCUT2D eigenvalue weighted by Gasteiger charge is -2.19. The summed E-state index contributed by atoms with van der Waals surface area (Å²) in [6.07, 6.45) is 1.25. The molecule has 130 valence electrons. The average molecular weight is 338 g/mol. The van der Waals surface area contributed by atoms with Gasteiger partial charge in [0.05, 0.1) is 6.61 Å². The Kier molecular flexibility index (Phi) is 5.95. The largest absolute Gasteiger partial charge is 0.494 e. The van der Waals surface area contributed by atoms with Crippen molar-refractivity contribution in [3.8, 4) is 5.75 Å². The molecule has 2 aromatic carbocycles.